The van der Waals surface area contributed by atoms with Crippen molar-refractivity contribution < 1.29 is 24.5 Å². The molecule has 0 radical (unpaired) electrons. The second kappa shape index (κ2) is 13.0. The summed E-state index contributed by atoms with van der Waals surface area (Å²) in [6.45, 7) is 7.37. The van der Waals surface area contributed by atoms with Crippen LogP contribution in [0.4, 0.5) is 0 Å². The lowest BCUT2D eigenvalue weighted by atomic mass is 10.1. The number of aromatic nitrogens is 1. The fourth-order valence-corrected chi connectivity index (χ4v) is 3.68. The molecule has 8 heteroatoms. The molecule has 1 saturated heterocycles. The summed E-state index contributed by atoms with van der Waals surface area (Å²) in [4.78, 5) is 20.8. The van der Waals surface area contributed by atoms with E-state index in [9.17, 15) is 15.0 Å². The number of pyridine rings is 1. The van der Waals surface area contributed by atoms with Crippen LogP contribution < -0.4 is 0 Å². The number of ether oxygens (including phenoxy) is 2. The Balaban J connectivity index is 2.06. The van der Waals surface area contributed by atoms with Crippen LogP contribution >= 0.6 is 0 Å². The van der Waals surface area contributed by atoms with Crippen molar-refractivity contribution in [2.24, 2.45) is 0 Å². The predicted octanol–water partition coefficient (Wildman–Crippen LogP) is 0.978. The molecule has 0 aliphatic carbocycles. The molecule has 8 nitrogen and oxygen atoms in total. The van der Waals surface area contributed by atoms with Crippen molar-refractivity contribution in [1.29, 1.82) is 0 Å². The molecule has 3 atom stereocenters. The zero-order valence-electron chi connectivity index (χ0n) is 18.5. The number of aryl methyl sites for hydroxylation is 1. The van der Waals surface area contributed by atoms with Gasteiger partial charge in [0, 0.05) is 52.5 Å². The van der Waals surface area contributed by atoms with Gasteiger partial charge in [-0.1, -0.05) is 6.07 Å². The zero-order valence-corrected chi connectivity index (χ0v) is 18.5. The summed E-state index contributed by atoms with van der Waals surface area (Å²) in [7, 11) is 1.48. The summed E-state index contributed by atoms with van der Waals surface area (Å²) in [6.07, 6.45) is -0.222. The van der Waals surface area contributed by atoms with Crippen molar-refractivity contribution in [3.63, 3.8) is 0 Å². The van der Waals surface area contributed by atoms with Crippen molar-refractivity contribution in [1.82, 2.24) is 14.8 Å². The lowest BCUT2D eigenvalue weighted by molar-refractivity contribution is -0.136. The minimum Gasteiger partial charge on any atom is -0.388 e. The minimum atomic E-state index is -1.12. The van der Waals surface area contributed by atoms with Crippen LogP contribution in [-0.4, -0.2) is 95.7 Å². The molecular weight excluding hydrogens is 386 g/mol. The van der Waals surface area contributed by atoms with Crippen LogP contribution in [0.2, 0.25) is 0 Å². The van der Waals surface area contributed by atoms with E-state index in [2.05, 4.69) is 9.88 Å². The smallest absolute Gasteiger partial charge is 0.219 e. The first-order valence-electron chi connectivity index (χ1n) is 10.8. The molecular formula is C22H37N3O5. The third-order valence-corrected chi connectivity index (χ3v) is 5.46. The van der Waals surface area contributed by atoms with Crippen molar-refractivity contribution in [3.05, 3.63) is 29.6 Å². The first kappa shape index (κ1) is 24.7. The lowest BCUT2D eigenvalue weighted by Gasteiger charge is -2.31. The van der Waals surface area contributed by atoms with E-state index >= 15 is 0 Å². The van der Waals surface area contributed by atoms with Gasteiger partial charge in [-0.15, -0.1) is 0 Å². The van der Waals surface area contributed by atoms with Crippen LogP contribution in [0.3, 0.4) is 0 Å². The van der Waals surface area contributed by atoms with E-state index in [0.717, 1.165) is 50.3 Å². The number of aliphatic hydroxyl groups is 2. The first-order valence-corrected chi connectivity index (χ1v) is 10.8. The van der Waals surface area contributed by atoms with Gasteiger partial charge in [0.05, 0.1) is 12.3 Å². The number of nitrogens with zero attached hydrogens (tertiary/aromatic N) is 3. The highest BCUT2D eigenvalue weighted by Crippen LogP contribution is 2.11. The van der Waals surface area contributed by atoms with Gasteiger partial charge < -0.3 is 24.6 Å². The van der Waals surface area contributed by atoms with Crippen LogP contribution in [0.25, 0.3) is 0 Å². The largest absolute Gasteiger partial charge is 0.388 e. The predicted molar refractivity (Wildman–Crippen MR) is 114 cm³/mol. The molecule has 1 aliphatic heterocycles. The quantitative estimate of drug-likeness (QED) is 0.748. The third-order valence-electron chi connectivity index (χ3n) is 5.46. The number of rotatable bonds is 3. The van der Waals surface area contributed by atoms with Gasteiger partial charge in [0.15, 0.2) is 0 Å². The Labute approximate surface area is 179 Å². The molecule has 1 aromatic heterocycles. The van der Waals surface area contributed by atoms with Crippen molar-refractivity contribution in [2.75, 3.05) is 46.5 Å². The summed E-state index contributed by atoms with van der Waals surface area (Å²) >= 11 is 0. The Kier molecular flexibility index (Phi) is 10.7. The highest BCUT2D eigenvalue weighted by atomic mass is 16.5. The molecule has 0 unspecified atom stereocenters. The fourth-order valence-electron chi connectivity index (χ4n) is 3.68. The number of methoxy groups -OCH3 is 1. The van der Waals surface area contributed by atoms with Gasteiger partial charge in [0.1, 0.15) is 18.3 Å². The number of hydrogen-bond donors (Lipinski definition) is 2. The molecule has 1 aromatic rings. The number of aliphatic hydroxyl groups excluding tert-OH is 2. The van der Waals surface area contributed by atoms with E-state index in [0.29, 0.717) is 13.2 Å². The van der Waals surface area contributed by atoms with Gasteiger partial charge in [0.2, 0.25) is 5.91 Å². The summed E-state index contributed by atoms with van der Waals surface area (Å²) in [5.74, 6) is -0.0776. The molecule has 0 spiro atoms. The van der Waals surface area contributed by atoms with Crippen LogP contribution in [0.1, 0.15) is 37.6 Å². The number of hydrogen-bond acceptors (Lipinski definition) is 7. The average molecular weight is 424 g/mol. The minimum absolute atomic E-state index is 0.0397. The summed E-state index contributed by atoms with van der Waals surface area (Å²) in [6, 6.07) is 6.06. The van der Waals surface area contributed by atoms with Gasteiger partial charge >= 0.3 is 0 Å². The molecule has 0 bridgehead atoms. The first-order chi connectivity index (χ1) is 14.4. The molecule has 2 rings (SSSR count). The summed E-state index contributed by atoms with van der Waals surface area (Å²) in [5, 5.41) is 20.6. The average Bonchev–Trinajstić information content (AvgIpc) is 2.71. The van der Waals surface area contributed by atoms with Gasteiger partial charge in [-0.3, -0.25) is 14.7 Å². The fraction of sp³-hybridized carbons (Fsp3) is 0.727. The number of carbonyl (C=O) groups is 1. The molecule has 170 valence electrons. The Morgan fingerprint density at radius 2 is 2.00 bits per heavy atom. The maximum absolute atomic E-state index is 12.1. The van der Waals surface area contributed by atoms with Gasteiger partial charge in [-0.25, -0.2) is 0 Å². The molecule has 2 N–H and O–H groups in total. The highest BCUT2D eigenvalue weighted by molar-refractivity contribution is 5.73. The summed E-state index contributed by atoms with van der Waals surface area (Å²) < 4.78 is 10.9. The second-order valence-corrected chi connectivity index (χ2v) is 7.98. The third kappa shape index (κ3) is 8.28. The van der Waals surface area contributed by atoms with Gasteiger partial charge in [-0.05, 0) is 44.9 Å². The zero-order chi connectivity index (χ0) is 21.9. The van der Waals surface area contributed by atoms with Crippen molar-refractivity contribution >= 4 is 5.91 Å². The maximum Gasteiger partial charge on any atom is 0.219 e. The van der Waals surface area contributed by atoms with E-state index in [4.69, 9.17) is 9.47 Å². The normalized spacial score (nSPS) is 26.0. The van der Waals surface area contributed by atoms with Gasteiger partial charge in [0.25, 0.3) is 0 Å². The summed E-state index contributed by atoms with van der Waals surface area (Å²) in [5.41, 5.74) is 2.04. The molecule has 0 saturated carbocycles. The highest BCUT2D eigenvalue weighted by Gasteiger charge is 2.29. The molecule has 1 amide bonds. The Morgan fingerprint density at radius 3 is 2.70 bits per heavy atom. The number of amides is 1. The topological polar surface area (TPSA) is 95.4 Å². The van der Waals surface area contributed by atoms with Crippen molar-refractivity contribution in [3.8, 4) is 0 Å². The molecule has 0 aromatic carbocycles. The van der Waals surface area contributed by atoms with Crippen LogP contribution in [0, 0.1) is 6.92 Å². The van der Waals surface area contributed by atoms with Crippen molar-refractivity contribution in [2.45, 2.75) is 58.0 Å². The Morgan fingerprint density at radius 1 is 1.23 bits per heavy atom. The number of carbonyl (C=O) groups excluding carboxylic acids is 1. The van der Waals surface area contributed by atoms with E-state index in [1.165, 1.54) is 14.0 Å². The van der Waals surface area contributed by atoms with E-state index < -0.39 is 18.3 Å². The molecule has 30 heavy (non-hydrogen) atoms. The Bertz CT molecular complexity index is 645. The van der Waals surface area contributed by atoms with Gasteiger partial charge in [-0.2, -0.15) is 0 Å². The van der Waals surface area contributed by atoms with Crippen LogP contribution in [-0.2, 0) is 20.8 Å². The monoisotopic (exact) mass is 423 g/mol. The maximum atomic E-state index is 12.1. The second-order valence-electron chi connectivity index (χ2n) is 7.98. The molecule has 1 fully saturated rings. The van der Waals surface area contributed by atoms with Crippen LogP contribution in [0.5, 0.6) is 0 Å². The molecule has 2 heterocycles. The van der Waals surface area contributed by atoms with E-state index in [1.54, 1.807) is 4.90 Å². The Hall–Kier alpha value is -1.58. The lowest BCUT2D eigenvalue weighted by Crippen LogP contribution is -2.48. The molecule has 1 aliphatic rings. The van der Waals surface area contributed by atoms with E-state index in [1.807, 2.05) is 25.1 Å². The van der Waals surface area contributed by atoms with E-state index in [-0.39, 0.29) is 19.1 Å². The SMILES string of the molecule is CO[C@H]1CN(C(C)=O)CCCN(Cc2cccc(C)n2)CCCCOC[C@H](O)[C@@H]1O. The van der Waals surface area contributed by atoms with Crippen LogP contribution in [0.15, 0.2) is 18.2 Å². The standard InChI is InChI=1S/C22H37N3O5/c1-17-8-6-9-19(23-17)14-24-10-4-5-13-30-16-20(27)22(28)21(29-3)15-25(18(2)26)12-7-11-24/h6,8-9,20-22,27-28H,4-5,7,10-16H2,1-3H3/t20-,21-,22-/m0/s1.